The number of nitrogens with one attached hydrogen (secondary N) is 1. The average molecular weight is 363 g/mol. The molecule has 2 rings (SSSR count). The van der Waals surface area contributed by atoms with E-state index in [-0.39, 0.29) is 37.9 Å². The molecule has 1 aliphatic rings. The molecule has 0 saturated carbocycles. The summed E-state index contributed by atoms with van der Waals surface area (Å²) in [4.78, 5) is 27.0. The summed E-state index contributed by atoms with van der Waals surface area (Å²) < 4.78 is 39.1. The molecule has 0 aliphatic carbocycles. The number of urea groups is 1. The Kier molecular flexibility index (Phi) is 5.74. The Bertz CT molecular complexity index is 575. The second-order valence-corrected chi connectivity index (χ2v) is 7.02. The van der Waals surface area contributed by atoms with Crippen LogP contribution in [0.15, 0.2) is 17.5 Å². The van der Waals surface area contributed by atoms with E-state index in [1.165, 1.54) is 11.3 Å². The van der Waals surface area contributed by atoms with Crippen molar-refractivity contribution in [3.05, 3.63) is 17.5 Å². The number of halogens is 3. The molecule has 0 unspecified atom stereocenters. The molecule has 0 aromatic carbocycles. The summed E-state index contributed by atoms with van der Waals surface area (Å²) in [7, 11) is 0. The van der Waals surface area contributed by atoms with E-state index in [9.17, 15) is 22.8 Å². The van der Waals surface area contributed by atoms with Gasteiger partial charge in [0.05, 0.1) is 5.00 Å². The highest BCUT2D eigenvalue weighted by molar-refractivity contribution is 7.14. The fraction of sp³-hybridized carbons (Fsp3) is 0.600. The molecular weight excluding hydrogens is 343 g/mol. The van der Waals surface area contributed by atoms with Crippen LogP contribution in [0.1, 0.15) is 20.3 Å². The Balaban J connectivity index is 1.97. The van der Waals surface area contributed by atoms with Gasteiger partial charge in [-0.3, -0.25) is 4.79 Å². The summed E-state index contributed by atoms with van der Waals surface area (Å²) in [5, 5.41) is 4.63. The summed E-state index contributed by atoms with van der Waals surface area (Å²) in [6, 6.07) is 0.847. The van der Waals surface area contributed by atoms with E-state index < -0.39 is 18.2 Å². The zero-order valence-corrected chi connectivity index (χ0v) is 14.3. The minimum Gasteiger partial charge on any atom is -0.326 e. The molecule has 1 fully saturated rings. The number of amides is 3. The molecule has 0 radical (unpaired) electrons. The number of carbonyl (C=O) groups excluding carboxylic acids is 2. The molecular formula is C15H20F3N3O2S. The zero-order valence-electron chi connectivity index (χ0n) is 13.5. The van der Waals surface area contributed by atoms with Crippen molar-refractivity contribution in [1.29, 1.82) is 0 Å². The molecule has 1 aromatic rings. The van der Waals surface area contributed by atoms with E-state index in [1.807, 2.05) is 16.8 Å². The molecule has 0 spiro atoms. The number of rotatable bonds is 4. The summed E-state index contributed by atoms with van der Waals surface area (Å²) in [5.41, 5.74) is 0. The van der Waals surface area contributed by atoms with Gasteiger partial charge in [0, 0.05) is 13.1 Å². The quantitative estimate of drug-likeness (QED) is 0.894. The van der Waals surface area contributed by atoms with Crippen molar-refractivity contribution in [3.8, 4) is 0 Å². The molecule has 3 amide bonds. The maximum Gasteiger partial charge on any atom is 0.408 e. The molecule has 1 aromatic heterocycles. The molecule has 24 heavy (non-hydrogen) atoms. The number of carbonyl (C=O) groups is 2. The molecule has 1 atom stereocenters. The first-order valence-electron chi connectivity index (χ1n) is 7.64. The lowest BCUT2D eigenvalue weighted by atomic mass is 10.0. The molecule has 1 aliphatic heterocycles. The van der Waals surface area contributed by atoms with Crippen LogP contribution < -0.4 is 10.2 Å². The van der Waals surface area contributed by atoms with Gasteiger partial charge < -0.3 is 15.1 Å². The molecule has 1 saturated heterocycles. The van der Waals surface area contributed by atoms with Crippen molar-refractivity contribution in [2.75, 3.05) is 24.5 Å². The monoisotopic (exact) mass is 363 g/mol. The van der Waals surface area contributed by atoms with Gasteiger partial charge in [0.1, 0.15) is 12.6 Å². The van der Waals surface area contributed by atoms with Gasteiger partial charge in [0.15, 0.2) is 0 Å². The molecule has 1 N–H and O–H groups in total. The number of hydrogen-bond donors (Lipinski definition) is 1. The predicted octanol–water partition coefficient (Wildman–Crippen LogP) is 3.08. The molecule has 9 heteroatoms. The van der Waals surface area contributed by atoms with Crippen LogP contribution in [-0.2, 0) is 4.79 Å². The minimum absolute atomic E-state index is 0.196. The number of thiophene rings is 1. The molecule has 134 valence electrons. The lowest BCUT2D eigenvalue weighted by Crippen LogP contribution is -2.57. The fourth-order valence-electron chi connectivity index (χ4n) is 2.49. The van der Waals surface area contributed by atoms with Gasteiger partial charge in [0.25, 0.3) is 0 Å². The van der Waals surface area contributed by atoms with Crippen LogP contribution in [0.3, 0.4) is 0 Å². The van der Waals surface area contributed by atoms with Gasteiger partial charge >= 0.3 is 12.2 Å². The third kappa shape index (κ3) is 4.62. The second-order valence-electron chi connectivity index (χ2n) is 6.09. The largest absolute Gasteiger partial charge is 0.408 e. The highest BCUT2D eigenvalue weighted by Crippen LogP contribution is 2.26. The first kappa shape index (κ1) is 18.6. The van der Waals surface area contributed by atoms with E-state index in [0.717, 1.165) is 9.90 Å². The molecule has 2 heterocycles. The number of anilines is 1. The standard InChI is InChI=1S/C15H20F3N3O2S/c1-10(2)8-11(15(16,17)18)19-14(23)20-5-6-21(12(22)9-20)13-4-3-7-24-13/h3-4,7,10-11H,5-6,8-9H2,1-2H3,(H,19,23)/t11-/m0/s1. The fourth-order valence-corrected chi connectivity index (χ4v) is 3.26. The van der Waals surface area contributed by atoms with E-state index >= 15 is 0 Å². The highest BCUT2D eigenvalue weighted by atomic mass is 32.1. The van der Waals surface area contributed by atoms with E-state index in [2.05, 4.69) is 0 Å². The Hall–Kier alpha value is -1.77. The number of piperazine rings is 1. The van der Waals surface area contributed by atoms with Crippen LogP contribution in [0.2, 0.25) is 0 Å². The second kappa shape index (κ2) is 7.42. The normalized spacial score (nSPS) is 17.3. The number of hydrogen-bond acceptors (Lipinski definition) is 3. The molecule has 5 nitrogen and oxygen atoms in total. The maximum atomic E-state index is 13.0. The number of nitrogens with zero attached hydrogens (tertiary/aromatic N) is 2. The van der Waals surface area contributed by atoms with Crippen LogP contribution in [0, 0.1) is 5.92 Å². The van der Waals surface area contributed by atoms with E-state index in [0.29, 0.717) is 0 Å². The van der Waals surface area contributed by atoms with Crippen molar-refractivity contribution < 1.29 is 22.8 Å². The van der Waals surface area contributed by atoms with Gasteiger partial charge in [-0.2, -0.15) is 13.2 Å². The SMILES string of the molecule is CC(C)C[C@H](NC(=O)N1CCN(c2cccs2)C(=O)C1)C(F)(F)F. The third-order valence-electron chi connectivity index (χ3n) is 3.68. The maximum absolute atomic E-state index is 13.0. The summed E-state index contributed by atoms with van der Waals surface area (Å²) in [5.74, 6) is -0.513. The highest BCUT2D eigenvalue weighted by Gasteiger charge is 2.42. The van der Waals surface area contributed by atoms with Crippen molar-refractivity contribution >= 4 is 28.3 Å². The summed E-state index contributed by atoms with van der Waals surface area (Å²) >= 11 is 1.40. The van der Waals surface area contributed by atoms with Crippen LogP contribution in [0.5, 0.6) is 0 Å². The number of alkyl halides is 3. The average Bonchev–Trinajstić information content (AvgIpc) is 2.98. The van der Waals surface area contributed by atoms with Crippen molar-refractivity contribution in [2.24, 2.45) is 5.92 Å². The van der Waals surface area contributed by atoms with Crippen molar-refractivity contribution in [3.63, 3.8) is 0 Å². The Morgan fingerprint density at radius 1 is 1.38 bits per heavy atom. The van der Waals surface area contributed by atoms with Gasteiger partial charge in [-0.25, -0.2) is 4.79 Å². The first-order chi connectivity index (χ1) is 11.2. The zero-order chi connectivity index (χ0) is 17.9. The topological polar surface area (TPSA) is 52.7 Å². The van der Waals surface area contributed by atoms with E-state index in [1.54, 1.807) is 24.8 Å². The Morgan fingerprint density at radius 2 is 2.08 bits per heavy atom. The van der Waals surface area contributed by atoms with Gasteiger partial charge in [0.2, 0.25) is 5.91 Å². The van der Waals surface area contributed by atoms with E-state index in [4.69, 9.17) is 0 Å². The predicted molar refractivity (Wildman–Crippen MR) is 86.1 cm³/mol. The summed E-state index contributed by atoms with van der Waals surface area (Å²) in [6.45, 7) is 3.56. The van der Waals surface area contributed by atoms with Gasteiger partial charge in [-0.1, -0.05) is 13.8 Å². The van der Waals surface area contributed by atoms with Crippen LogP contribution >= 0.6 is 11.3 Å². The summed E-state index contributed by atoms with van der Waals surface area (Å²) in [6.07, 6.45) is -4.71. The third-order valence-corrected chi connectivity index (χ3v) is 4.57. The smallest absolute Gasteiger partial charge is 0.326 e. The van der Waals surface area contributed by atoms with Crippen molar-refractivity contribution in [2.45, 2.75) is 32.5 Å². The Morgan fingerprint density at radius 3 is 2.58 bits per heavy atom. The van der Waals surface area contributed by atoms with Crippen LogP contribution in [0.4, 0.5) is 23.0 Å². The lowest BCUT2D eigenvalue weighted by Gasteiger charge is -2.34. The Labute approximate surface area is 142 Å². The van der Waals surface area contributed by atoms with Gasteiger partial charge in [-0.15, -0.1) is 11.3 Å². The molecule has 0 bridgehead atoms. The van der Waals surface area contributed by atoms with Gasteiger partial charge in [-0.05, 0) is 29.9 Å². The van der Waals surface area contributed by atoms with Crippen LogP contribution in [-0.4, -0.2) is 48.7 Å². The minimum atomic E-state index is -4.51. The van der Waals surface area contributed by atoms with Crippen LogP contribution in [0.25, 0.3) is 0 Å². The lowest BCUT2D eigenvalue weighted by molar-refractivity contribution is -0.156. The first-order valence-corrected chi connectivity index (χ1v) is 8.52. The van der Waals surface area contributed by atoms with Crippen molar-refractivity contribution in [1.82, 2.24) is 10.2 Å².